The first-order valence-electron chi connectivity index (χ1n) is 6.53. The summed E-state index contributed by atoms with van der Waals surface area (Å²) in [4.78, 5) is 4.05. The van der Waals surface area contributed by atoms with Gasteiger partial charge >= 0.3 is 0 Å². The average molecular weight is 259 g/mol. The van der Waals surface area contributed by atoms with E-state index in [2.05, 4.69) is 53.0 Å². The average Bonchev–Trinajstić information content (AvgIpc) is 2.91. The van der Waals surface area contributed by atoms with E-state index in [1.54, 1.807) is 13.3 Å². The van der Waals surface area contributed by atoms with Gasteiger partial charge in [0.15, 0.2) is 0 Å². The van der Waals surface area contributed by atoms with Crippen molar-refractivity contribution in [1.29, 1.82) is 0 Å². The summed E-state index contributed by atoms with van der Waals surface area (Å²) in [7, 11) is 1.73. The molecule has 0 amide bonds. The van der Waals surface area contributed by atoms with Crippen molar-refractivity contribution in [2.75, 3.05) is 12.4 Å². The van der Waals surface area contributed by atoms with Crippen molar-refractivity contribution in [3.8, 4) is 0 Å². The Hall–Kier alpha value is -1.81. The number of hydrogen-bond donors (Lipinski definition) is 1. The molecule has 2 aromatic rings. The number of methoxy groups -OCH3 is 1. The number of anilines is 1. The molecule has 1 aromatic heterocycles. The topological polar surface area (TPSA) is 39.1 Å². The van der Waals surface area contributed by atoms with E-state index in [1.165, 1.54) is 5.56 Å². The van der Waals surface area contributed by atoms with E-state index in [-0.39, 0.29) is 12.1 Å². The number of nitrogens with one attached hydrogen (secondary N) is 1. The number of rotatable bonds is 6. The molecule has 0 bridgehead atoms. The zero-order valence-electron chi connectivity index (χ0n) is 11.7. The van der Waals surface area contributed by atoms with E-state index in [9.17, 15) is 0 Å². The van der Waals surface area contributed by atoms with Crippen molar-refractivity contribution in [2.45, 2.75) is 32.5 Å². The maximum Gasteiger partial charge on any atom is 0.0949 e. The summed E-state index contributed by atoms with van der Waals surface area (Å²) in [6.45, 7) is 5.02. The molecule has 0 aliphatic carbocycles. The van der Waals surface area contributed by atoms with Crippen LogP contribution < -0.4 is 5.32 Å². The van der Waals surface area contributed by atoms with Crippen LogP contribution in [0.15, 0.2) is 43.0 Å². The number of hydrogen-bond acceptors (Lipinski definition) is 3. The van der Waals surface area contributed by atoms with Gasteiger partial charge in [-0.25, -0.2) is 4.98 Å². The highest BCUT2D eigenvalue weighted by Gasteiger charge is 2.10. The van der Waals surface area contributed by atoms with Crippen LogP contribution in [-0.4, -0.2) is 28.8 Å². The van der Waals surface area contributed by atoms with E-state index in [0.29, 0.717) is 0 Å². The molecule has 1 N–H and O–H groups in total. The van der Waals surface area contributed by atoms with Gasteiger partial charge < -0.3 is 14.6 Å². The first kappa shape index (κ1) is 13.6. The molecule has 2 rings (SSSR count). The predicted molar refractivity (Wildman–Crippen MR) is 77.3 cm³/mol. The predicted octanol–water partition coefficient (Wildman–Crippen LogP) is 2.77. The van der Waals surface area contributed by atoms with Gasteiger partial charge in [0.05, 0.1) is 12.4 Å². The SMILES string of the molecule is COC(C)C(C)Nc1cccc(Cn2ccnc2)c1. The molecule has 4 heteroatoms. The molecule has 1 heterocycles. The Morgan fingerprint density at radius 1 is 1.37 bits per heavy atom. The van der Waals surface area contributed by atoms with Crippen molar-refractivity contribution in [2.24, 2.45) is 0 Å². The second-order valence-corrected chi connectivity index (χ2v) is 4.81. The zero-order valence-corrected chi connectivity index (χ0v) is 11.7. The number of imidazole rings is 1. The summed E-state index contributed by atoms with van der Waals surface area (Å²) in [5.41, 5.74) is 2.37. The van der Waals surface area contributed by atoms with Crippen LogP contribution in [0.4, 0.5) is 5.69 Å². The number of benzene rings is 1. The lowest BCUT2D eigenvalue weighted by Crippen LogP contribution is -2.29. The van der Waals surface area contributed by atoms with Crippen molar-refractivity contribution in [1.82, 2.24) is 9.55 Å². The molecule has 0 radical (unpaired) electrons. The molecule has 0 aliphatic rings. The molecule has 0 saturated carbocycles. The molecule has 0 fully saturated rings. The van der Waals surface area contributed by atoms with Gasteiger partial charge in [0.25, 0.3) is 0 Å². The van der Waals surface area contributed by atoms with Crippen LogP contribution >= 0.6 is 0 Å². The molecule has 0 saturated heterocycles. The quantitative estimate of drug-likeness (QED) is 0.867. The standard InChI is InChI=1S/C15H21N3O/c1-12(13(2)19-3)17-15-6-4-5-14(9-15)10-18-8-7-16-11-18/h4-9,11-13,17H,10H2,1-3H3. The monoisotopic (exact) mass is 259 g/mol. The second-order valence-electron chi connectivity index (χ2n) is 4.81. The Morgan fingerprint density at radius 3 is 2.89 bits per heavy atom. The molecule has 19 heavy (non-hydrogen) atoms. The molecule has 2 unspecified atom stereocenters. The minimum absolute atomic E-state index is 0.178. The molecule has 0 aliphatic heterocycles. The van der Waals surface area contributed by atoms with Crippen LogP contribution in [-0.2, 0) is 11.3 Å². The maximum atomic E-state index is 5.32. The zero-order chi connectivity index (χ0) is 13.7. The van der Waals surface area contributed by atoms with Crippen molar-refractivity contribution >= 4 is 5.69 Å². The van der Waals surface area contributed by atoms with Gasteiger partial charge in [-0.15, -0.1) is 0 Å². The van der Waals surface area contributed by atoms with Crippen LogP contribution in [0, 0.1) is 0 Å². The fraction of sp³-hybridized carbons (Fsp3) is 0.400. The lowest BCUT2D eigenvalue weighted by molar-refractivity contribution is 0.106. The Balaban J connectivity index is 2.02. The van der Waals surface area contributed by atoms with Gasteiger partial charge in [0.2, 0.25) is 0 Å². The largest absolute Gasteiger partial charge is 0.380 e. The third-order valence-electron chi connectivity index (χ3n) is 3.32. The number of ether oxygens (including phenoxy) is 1. The smallest absolute Gasteiger partial charge is 0.0949 e. The molecule has 2 atom stereocenters. The first-order chi connectivity index (χ1) is 9.19. The van der Waals surface area contributed by atoms with Crippen LogP contribution in [0.3, 0.4) is 0 Å². The second kappa shape index (κ2) is 6.38. The highest BCUT2D eigenvalue weighted by molar-refractivity contribution is 5.46. The highest BCUT2D eigenvalue weighted by atomic mass is 16.5. The van der Waals surface area contributed by atoms with Crippen molar-refractivity contribution in [3.63, 3.8) is 0 Å². The lowest BCUT2D eigenvalue weighted by Gasteiger charge is -2.21. The lowest BCUT2D eigenvalue weighted by atomic mass is 10.1. The first-order valence-corrected chi connectivity index (χ1v) is 6.53. The van der Waals surface area contributed by atoms with Crippen LogP contribution in [0.1, 0.15) is 19.4 Å². The third-order valence-corrected chi connectivity index (χ3v) is 3.32. The Labute approximate surface area is 114 Å². The maximum absolute atomic E-state index is 5.32. The Morgan fingerprint density at radius 2 is 2.21 bits per heavy atom. The van der Waals surface area contributed by atoms with Crippen molar-refractivity contribution < 1.29 is 4.74 Å². The summed E-state index contributed by atoms with van der Waals surface area (Å²) in [5.74, 6) is 0. The molecule has 1 aromatic carbocycles. The van der Waals surface area contributed by atoms with E-state index in [0.717, 1.165) is 12.2 Å². The Bertz CT molecular complexity index is 496. The molecule has 0 spiro atoms. The van der Waals surface area contributed by atoms with E-state index in [4.69, 9.17) is 4.74 Å². The summed E-state index contributed by atoms with van der Waals surface area (Å²) < 4.78 is 7.38. The minimum atomic E-state index is 0.178. The summed E-state index contributed by atoms with van der Waals surface area (Å²) >= 11 is 0. The summed E-state index contributed by atoms with van der Waals surface area (Å²) in [6, 6.07) is 8.71. The fourth-order valence-corrected chi connectivity index (χ4v) is 1.93. The van der Waals surface area contributed by atoms with Crippen LogP contribution in [0.5, 0.6) is 0 Å². The third kappa shape index (κ3) is 3.83. The molecule has 4 nitrogen and oxygen atoms in total. The van der Waals surface area contributed by atoms with E-state index in [1.807, 2.05) is 12.5 Å². The molecular weight excluding hydrogens is 238 g/mol. The van der Waals surface area contributed by atoms with Gasteiger partial charge in [0.1, 0.15) is 0 Å². The van der Waals surface area contributed by atoms with Crippen LogP contribution in [0.25, 0.3) is 0 Å². The van der Waals surface area contributed by atoms with E-state index < -0.39 is 0 Å². The normalized spacial score (nSPS) is 14.1. The highest BCUT2D eigenvalue weighted by Crippen LogP contribution is 2.14. The van der Waals surface area contributed by atoms with Gasteiger partial charge in [0, 0.05) is 37.8 Å². The number of aromatic nitrogens is 2. The van der Waals surface area contributed by atoms with Gasteiger partial charge in [-0.3, -0.25) is 0 Å². The Kier molecular flexibility index (Phi) is 4.58. The number of nitrogens with zero attached hydrogens (tertiary/aromatic N) is 2. The van der Waals surface area contributed by atoms with Gasteiger partial charge in [-0.2, -0.15) is 0 Å². The summed E-state index contributed by atoms with van der Waals surface area (Å²) in [5, 5.41) is 3.46. The van der Waals surface area contributed by atoms with Crippen molar-refractivity contribution in [3.05, 3.63) is 48.5 Å². The van der Waals surface area contributed by atoms with Crippen LogP contribution in [0.2, 0.25) is 0 Å². The fourth-order valence-electron chi connectivity index (χ4n) is 1.93. The summed E-state index contributed by atoms with van der Waals surface area (Å²) in [6.07, 6.45) is 5.77. The van der Waals surface area contributed by atoms with Gasteiger partial charge in [-0.1, -0.05) is 12.1 Å². The van der Waals surface area contributed by atoms with E-state index >= 15 is 0 Å². The minimum Gasteiger partial charge on any atom is -0.380 e. The van der Waals surface area contributed by atoms with Gasteiger partial charge in [-0.05, 0) is 31.5 Å². The molecular formula is C15H21N3O. The molecule has 102 valence electrons.